The van der Waals surface area contributed by atoms with Gasteiger partial charge in [0.25, 0.3) is 0 Å². The number of aliphatic hydroxyl groups excluding tert-OH is 1. The van der Waals surface area contributed by atoms with E-state index in [-0.39, 0.29) is 12.4 Å². The first-order chi connectivity index (χ1) is 6.19. The standard InChI is InChI=1S/C10H14FNO/c1-2-7-3-4-9(11)8(5-7)10(12)6-13/h3-5,10,13H,2,6,12H2,1H3. The van der Waals surface area contributed by atoms with E-state index in [2.05, 4.69) is 0 Å². The van der Waals surface area contributed by atoms with E-state index in [1.165, 1.54) is 6.07 Å². The zero-order chi connectivity index (χ0) is 9.84. The molecule has 0 bridgehead atoms. The molecule has 72 valence electrons. The zero-order valence-electron chi connectivity index (χ0n) is 7.63. The summed E-state index contributed by atoms with van der Waals surface area (Å²) < 4.78 is 13.2. The molecule has 1 aromatic carbocycles. The summed E-state index contributed by atoms with van der Waals surface area (Å²) in [5, 5.41) is 8.78. The first kappa shape index (κ1) is 10.2. The summed E-state index contributed by atoms with van der Waals surface area (Å²) in [6, 6.07) is 4.20. The highest BCUT2D eigenvalue weighted by atomic mass is 19.1. The summed E-state index contributed by atoms with van der Waals surface area (Å²) in [5.74, 6) is -0.348. The van der Waals surface area contributed by atoms with Crippen LogP contribution < -0.4 is 5.73 Å². The van der Waals surface area contributed by atoms with Crippen molar-refractivity contribution in [1.82, 2.24) is 0 Å². The molecule has 1 unspecified atom stereocenters. The predicted octanol–water partition coefficient (Wildman–Crippen LogP) is 1.38. The van der Waals surface area contributed by atoms with E-state index in [1.807, 2.05) is 6.92 Å². The van der Waals surface area contributed by atoms with Crippen molar-refractivity contribution in [2.45, 2.75) is 19.4 Å². The van der Waals surface area contributed by atoms with Gasteiger partial charge in [-0.15, -0.1) is 0 Å². The average Bonchev–Trinajstić information content (AvgIpc) is 2.17. The van der Waals surface area contributed by atoms with E-state index in [0.29, 0.717) is 5.56 Å². The number of hydrogen-bond donors (Lipinski definition) is 2. The summed E-state index contributed by atoms with van der Waals surface area (Å²) in [7, 11) is 0. The van der Waals surface area contributed by atoms with Crippen LogP contribution >= 0.6 is 0 Å². The third-order valence-electron chi connectivity index (χ3n) is 2.06. The number of nitrogens with two attached hydrogens (primary N) is 1. The van der Waals surface area contributed by atoms with Crippen molar-refractivity contribution in [3.63, 3.8) is 0 Å². The lowest BCUT2D eigenvalue weighted by molar-refractivity contribution is 0.265. The Bertz CT molecular complexity index is 288. The van der Waals surface area contributed by atoms with E-state index < -0.39 is 6.04 Å². The van der Waals surface area contributed by atoms with Gasteiger partial charge in [0, 0.05) is 5.56 Å². The average molecular weight is 183 g/mol. The molecule has 1 atom stereocenters. The van der Waals surface area contributed by atoms with E-state index in [4.69, 9.17) is 10.8 Å². The van der Waals surface area contributed by atoms with Crippen molar-refractivity contribution >= 4 is 0 Å². The molecule has 0 amide bonds. The molecule has 1 aromatic rings. The molecule has 3 N–H and O–H groups in total. The number of halogens is 1. The van der Waals surface area contributed by atoms with Gasteiger partial charge in [-0.25, -0.2) is 4.39 Å². The van der Waals surface area contributed by atoms with Gasteiger partial charge in [0.1, 0.15) is 5.82 Å². The molecule has 0 aromatic heterocycles. The number of rotatable bonds is 3. The molecule has 0 saturated carbocycles. The highest BCUT2D eigenvalue weighted by Gasteiger charge is 2.10. The van der Waals surface area contributed by atoms with E-state index in [9.17, 15) is 4.39 Å². The second-order valence-electron chi connectivity index (χ2n) is 3.00. The van der Waals surface area contributed by atoms with Gasteiger partial charge in [-0.2, -0.15) is 0 Å². The Morgan fingerprint density at radius 1 is 1.54 bits per heavy atom. The van der Waals surface area contributed by atoms with Crippen LogP contribution in [0, 0.1) is 5.82 Å². The van der Waals surface area contributed by atoms with Gasteiger partial charge in [-0.3, -0.25) is 0 Å². The van der Waals surface area contributed by atoms with Gasteiger partial charge in [-0.1, -0.05) is 19.1 Å². The van der Waals surface area contributed by atoms with Crippen molar-refractivity contribution in [1.29, 1.82) is 0 Å². The van der Waals surface area contributed by atoms with Crippen LogP contribution in [0.4, 0.5) is 4.39 Å². The Balaban J connectivity index is 3.03. The van der Waals surface area contributed by atoms with Crippen LogP contribution in [0.5, 0.6) is 0 Å². The minimum atomic E-state index is -0.619. The highest BCUT2D eigenvalue weighted by molar-refractivity contribution is 5.27. The number of hydrogen-bond acceptors (Lipinski definition) is 2. The fourth-order valence-corrected chi connectivity index (χ4v) is 1.20. The SMILES string of the molecule is CCc1ccc(F)c(C(N)CO)c1. The predicted molar refractivity (Wildman–Crippen MR) is 49.8 cm³/mol. The van der Waals surface area contributed by atoms with E-state index >= 15 is 0 Å². The number of aryl methyl sites for hydroxylation is 1. The highest BCUT2D eigenvalue weighted by Crippen LogP contribution is 2.16. The lowest BCUT2D eigenvalue weighted by atomic mass is 10.0. The quantitative estimate of drug-likeness (QED) is 0.743. The summed E-state index contributed by atoms with van der Waals surface area (Å²) >= 11 is 0. The minimum absolute atomic E-state index is 0.232. The van der Waals surface area contributed by atoms with Crippen LogP contribution in [-0.2, 0) is 6.42 Å². The Kier molecular flexibility index (Phi) is 3.39. The third-order valence-corrected chi connectivity index (χ3v) is 2.06. The van der Waals surface area contributed by atoms with Gasteiger partial charge in [0.15, 0.2) is 0 Å². The van der Waals surface area contributed by atoms with Crippen molar-refractivity contribution in [2.24, 2.45) is 5.73 Å². The summed E-state index contributed by atoms with van der Waals surface area (Å²) in [6.45, 7) is 1.76. The molecule has 0 aliphatic heterocycles. The summed E-state index contributed by atoms with van der Waals surface area (Å²) in [6.07, 6.45) is 0.839. The van der Waals surface area contributed by atoms with E-state index in [0.717, 1.165) is 12.0 Å². The molecule has 1 rings (SSSR count). The smallest absolute Gasteiger partial charge is 0.128 e. The summed E-state index contributed by atoms with van der Waals surface area (Å²) in [5.41, 5.74) is 6.95. The molecule has 3 heteroatoms. The van der Waals surface area contributed by atoms with Crippen LogP contribution in [0.2, 0.25) is 0 Å². The molecule has 13 heavy (non-hydrogen) atoms. The third kappa shape index (κ3) is 2.26. The van der Waals surface area contributed by atoms with E-state index in [1.54, 1.807) is 12.1 Å². The Morgan fingerprint density at radius 2 is 2.23 bits per heavy atom. The number of aliphatic hydroxyl groups is 1. The Morgan fingerprint density at radius 3 is 2.77 bits per heavy atom. The van der Waals surface area contributed by atoms with Crippen LogP contribution in [0.25, 0.3) is 0 Å². The van der Waals surface area contributed by atoms with Gasteiger partial charge < -0.3 is 10.8 Å². The second-order valence-corrected chi connectivity index (χ2v) is 3.00. The fourth-order valence-electron chi connectivity index (χ4n) is 1.20. The molecule has 0 spiro atoms. The molecule has 0 heterocycles. The van der Waals surface area contributed by atoms with Crippen LogP contribution in [0.1, 0.15) is 24.1 Å². The Hall–Kier alpha value is -0.930. The Labute approximate surface area is 77.2 Å². The first-order valence-corrected chi connectivity index (χ1v) is 4.33. The van der Waals surface area contributed by atoms with Crippen LogP contribution in [-0.4, -0.2) is 11.7 Å². The maximum absolute atomic E-state index is 13.2. The van der Waals surface area contributed by atoms with Gasteiger partial charge >= 0.3 is 0 Å². The second kappa shape index (κ2) is 4.35. The molecular formula is C10H14FNO. The topological polar surface area (TPSA) is 46.2 Å². The largest absolute Gasteiger partial charge is 0.394 e. The molecular weight excluding hydrogens is 169 g/mol. The van der Waals surface area contributed by atoms with Gasteiger partial charge in [0.05, 0.1) is 12.6 Å². The van der Waals surface area contributed by atoms with Crippen molar-refractivity contribution in [3.8, 4) is 0 Å². The number of benzene rings is 1. The first-order valence-electron chi connectivity index (χ1n) is 4.33. The molecule has 0 aliphatic carbocycles. The van der Waals surface area contributed by atoms with Crippen molar-refractivity contribution in [2.75, 3.05) is 6.61 Å². The lowest BCUT2D eigenvalue weighted by Crippen LogP contribution is -2.16. The molecule has 0 fully saturated rings. The van der Waals surface area contributed by atoms with Crippen molar-refractivity contribution < 1.29 is 9.50 Å². The molecule has 2 nitrogen and oxygen atoms in total. The fraction of sp³-hybridized carbons (Fsp3) is 0.400. The monoisotopic (exact) mass is 183 g/mol. The van der Waals surface area contributed by atoms with Crippen molar-refractivity contribution in [3.05, 3.63) is 35.1 Å². The normalized spacial score (nSPS) is 12.9. The molecule has 0 saturated heterocycles. The molecule has 0 aliphatic rings. The maximum Gasteiger partial charge on any atom is 0.128 e. The van der Waals surface area contributed by atoms with Gasteiger partial charge in [-0.05, 0) is 18.1 Å². The van der Waals surface area contributed by atoms with Crippen LogP contribution in [0.3, 0.4) is 0 Å². The van der Waals surface area contributed by atoms with Crippen LogP contribution in [0.15, 0.2) is 18.2 Å². The minimum Gasteiger partial charge on any atom is -0.394 e. The van der Waals surface area contributed by atoms with Gasteiger partial charge in [0.2, 0.25) is 0 Å². The molecule has 0 radical (unpaired) electrons. The zero-order valence-corrected chi connectivity index (χ0v) is 7.63. The lowest BCUT2D eigenvalue weighted by Gasteiger charge is -2.10. The summed E-state index contributed by atoms with van der Waals surface area (Å²) in [4.78, 5) is 0. The maximum atomic E-state index is 13.2.